The predicted octanol–water partition coefficient (Wildman–Crippen LogP) is 19.2. The molecule has 7 rings (SSSR count). The third kappa shape index (κ3) is 9.53. The van der Waals surface area contributed by atoms with Crippen LogP contribution in [0.3, 0.4) is 0 Å². The van der Waals surface area contributed by atoms with E-state index in [-0.39, 0.29) is 0 Å². The summed E-state index contributed by atoms with van der Waals surface area (Å²) in [5.74, 6) is 2.32. The molecule has 5 heteroatoms. The molecule has 6 aromatic rings. The fraction of sp³-hybridized carbons (Fsp3) is 0.400. The Morgan fingerprint density at radius 3 is 0.846 bits per heavy atom. The van der Waals surface area contributed by atoms with Gasteiger partial charge in [0.1, 0.15) is 0 Å². The van der Waals surface area contributed by atoms with Gasteiger partial charge in [-0.3, -0.25) is 0 Å². The van der Waals surface area contributed by atoms with E-state index < -0.39 is 11.0 Å². The van der Waals surface area contributed by atoms with Crippen LogP contribution in [0.4, 0.5) is 0 Å². The molecule has 65 heavy (non-hydrogen) atoms. The molecular weight excluding hydrogens is 922 g/mol. The molecule has 0 atom stereocenters. The molecule has 0 bridgehead atoms. The minimum atomic E-state index is -3.80. The summed E-state index contributed by atoms with van der Waals surface area (Å²) in [7, 11) is 4.81. The van der Waals surface area contributed by atoms with E-state index in [1.807, 2.05) is 19.7 Å². The second-order valence-electron chi connectivity index (χ2n) is 21.0. The van der Waals surface area contributed by atoms with E-state index in [0.29, 0.717) is 35.5 Å². The van der Waals surface area contributed by atoms with Gasteiger partial charge < -0.3 is 0 Å². The first-order valence-corrected chi connectivity index (χ1v) is 36.2. The molecule has 0 amide bonds. The third-order valence-corrected chi connectivity index (χ3v) is 51.9. The van der Waals surface area contributed by atoms with Crippen molar-refractivity contribution in [2.24, 2.45) is 0 Å². The fourth-order valence-corrected chi connectivity index (χ4v) is 66.9. The molecule has 1 aliphatic rings. The van der Waals surface area contributed by atoms with Crippen LogP contribution >= 0.6 is 37.9 Å². The normalized spacial score (nSPS) is 14.1. The van der Waals surface area contributed by atoms with Gasteiger partial charge in [-0.15, -0.1) is 0 Å². The first-order chi connectivity index (χ1) is 30.7. The van der Waals surface area contributed by atoms with Crippen LogP contribution in [0.2, 0.25) is 0 Å². The first kappa shape index (κ1) is 50.1. The maximum absolute atomic E-state index is 3.80. The van der Waals surface area contributed by atoms with Crippen molar-refractivity contribution < 1.29 is 0 Å². The van der Waals surface area contributed by atoms with Crippen molar-refractivity contribution >= 4 is 57.7 Å². The molecule has 0 spiro atoms. The van der Waals surface area contributed by atoms with Crippen molar-refractivity contribution in [3.63, 3.8) is 0 Å². The summed E-state index contributed by atoms with van der Waals surface area (Å²) in [6, 6.07) is 34.9. The zero-order valence-electron chi connectivity index (χ0n) is 42.7. The van der Waals surface area contributed by atoms with Gasteiger partial charge in [-0.1, -0.05) is 0 Å². The molecule has 1 saturated heterocycles. The van der Waals surface area contributed by atoms with E-state index >= 15 is 0 Å². The second-order valence-corrected chi connectivity index (χ2v) is 44.6. The quantitative estimate of drug-likeness (QED) is 0.0885. The summed E-state index contributed by atoms with van der Waals surface area (Å²) in [4.78, 5) is 0. The zero-order valence-corrected chi connectivity index (χ0v) is 48.0. The summed E-state index contributed by atoms with van der Waals surface area (Å²) in [5.41, 5.74) is 28.4. The summed E-state index contributed by atoms with van der Waals surface area (Å²) >= 11 is 0. The molecule has 0 N–H and O–H groups in total. The van der Waals surface area contributed by atoms with E-state index in [1.54, 1.807) is 8.79 Å². The van der Waals surface area contributed by atoms with Crippen LogP contribution in [0, 0.1) is 41.5 Å². The van der Waals surface area contributed by atoms with Gasteiger partial charge in [-0.25, -0.2) is 0 Å². The molecule has 1 fully saturated rings. The molecule has 0 radical (unpaired) electrons. The summed E-state index contributed by atoms with van der Waals surface area (Å²) in [5, 5.41) is 0. The molecule has 0 saturated carbocycles. The fourth-order valence-electron chi connectivity index (χ4n) is 10.8. The summed E-state index contributed by atoms with van der Waals surface area (Å²) in [6.07, 6.45) is 0. The van der Waals surface area contributed by atoms with Gasteiger partial charge in [-0.05, 0) is 0 Å². The van der Waals surface area contributed by atoms with E-state index in [0.717, 1.165) is 0 Å². The average molecular weight is 996 g/mol. The van der Waals surface area contributed by atoms with Gasteiger partial charge in [0.05, 0.1) is 0 Å². The molecule has 0 unspecified atom stereocenters. The van der Waals surface area contributed by atoms with Crippen molar-refractivity contribution in [2.45, 2.75) is 160 Å². The number of rotatable bonds is 12. The topological polar surface area (TPSA) is 0 Å². The molecule has 0 aliphatic carbocycles. The standard InChI is InChI=1S/C60H74GeS4/c1-33(2)45-29-51(35(5)6)57(52(30-45)36(7)8)49-23-20-24-50(58-53(37(9)10)31-46(34(3)4)32-54(58)38(11)12)60(49)61(62-64-65-63-61)59-47(55-41(15)25-39(13)26-42(55)16)21-19-22-48(59)56-43(17)27-40(14)28-44(56)18/h19-38H,1-18H3. The van der Waals surface area contributed by atoms with Crippen molar-refractivity contribution in [3.05, 3.63) is 152 Å². The molecule has 0 aromatic heterocycles. The van der Waals surface area contributed by atoms with Gasteiger partial charge in [0.15, 0.2) is 0 Å². The Morgan fingerprint density at radius 2 is 0.600 bits per heavy atom. The Morgan fingerprint density at radius 1 is 0.338 bits per heavy atom. The Kier molecular flexibility index (Phi) is 15.5. The first-order valence-electron chi connectivity index (χ1n) is 24.2. The molecule has 342 valence electrons. The van der Waals surface area contributed by atoms with Crippen molar-refractivity contribution in [2.75, 3.05) is 0 Å². The second kappa shape index (κ2) is 20.1. The minimum absolute atomic E-state index is 0.357. The van der Waals surface area contributed by atoms with Crippen LogP contribution in [0.5, 0.6) is 0 Å². The molecule has 0 nitrogen and oxygen atoms in total. The van der Waals surface area contributed by atoms with Crippen molar-refractivity contribution in [1.82, 2.24) is 0 Å². The van der Waals surface area contributed by atoms with E-state index in [1.165, 1.54) is 111 Å². The number of benzene rings is 6. The summed E-state index contributed by atoms with van der Waals surface area (Å²) in [6.45, 7) is 42.8. The van der Waals surface area contributed by atoms with Crippen LogP contribution in [0.15, 0.2) is 84.9 Å². The number of hydrogen-bond donors (Lipinski definition) is 0. The number of aryl methyl sites for hydroxylation is 6. The molecule has 6 aromatic carbocycles. The Labute approximate surface area is 410 Å². The number of hydrogen-bond acceptors (Lipinski definition) is 4. The predicted molar refractivity (Wildman–Crippen MR) is 303 cm³/mol. The maximum atomic E-state index is 2.58. The third-order valence-electron chi connectivity index (χ3n) is 13.8. The Balaban J connectivity index is 1.81. The van der Waals surface area contributed by atoms with Gasteiger partial charge in [-0.2, -0.15) is 0 Å². The molecule has 1 aliphatic heterocycles. The van der Waals surface area contributed by atoms with E-state index in [4.69, 9.17) is 0 Å². The van der Waals surface area contributed by atoms with Crippen molar-refractivity contribution in [1.29, 1.82) is 0 Å². The Hall–Kier alpha value is -2.74. The van der Waals surface area contributed by atoms with Crippen molar-refractivity contribution in [3.8, 4) is 44.5 Å². The SMILES string of the molecule is Cc1cc(C)c(-c2cccc(-c3c(C)cc(C)cc3C)[c]2[Ge]2([c]3c(-c4c(C(C)C)cc(C(C)C)cc4C(C)C)cccc3-c3c(C(C)C)cc(C(C)C)cc3C(C)C)[S]SS[S]2)c(C)c1. The Bertz CT molecular complexity index is 2470. The monoisotopic (exact) mass is 996 g/mol. The van der Waals surface area contributed by atoms with Gasteiger partial charge in [0, 0.05) is 0 Å². The van der Waals surface area contributed by atoms with Crippen LogP contribution in [-0.4, -0.2) is 11.0 Å². The van der Waals surface area contributed by atoms with Crippen LogP contribution < -0.4 is 8.79 Å². The van der Waals surface area contributed by atoms with E-state index in [9.17, 15) is 0 Å². The average Bonchev–Trinajstić information content (AvgIpc) is 3.72. The van der Waals surface area contributed by atoms with E-state index in [2.05, 4.69) is 228 Å². The molecule has 1 heterocycles. The van der Waals surface area contributed by atoms with Crippen LogP contribution in [0.25, 0.3) is 44.5 Å². The zero-order chi connectivity index (χ0) is 47.4. The summed E-state index contributed by atoms with van der Waals surface area (Å²) < 4.78 is 3.23. The van der Waals surface area contributed by atoms with Gasteiger partial charge in [0.2, 0.25) is 0 Å². The van der Waals surface area contributed by atoms with Gasteiger partial charge >= 0.3 is 414 Å². The van der Waals surface area contributed by atoms with Gasteiger partial charge in [0.25, 0.3) is 0 Å². The molecular formula is C60H74GeS4. The van der Waals surface area contributed by atoms with Crippen LogP contribution in [-0.2, 0) is 0 Å². The van der Waals surface area contributed by atoms with Crippen LogP contribution in [0.1, 0.15) is 185 Å².